The van der Waals surface area contributed by atoms with Crippen LogP contribution < -0.4 is 15.8 Å². The maximum absolute atomic E-state index is 13.3. The number of rotatable bonds is 9. The Morgan fingerprint density at radius 2 is 1.38 bits per heavy atom. The van der Waals surface area contributed by atoms with Crippen molar-refractivity contribution in [3.8, 4) is 0 Å². The summed E-state index contributed by atoms with van der Waals surface area (Å²) in [5, 5.41) is 19.4. The van der Waals surface area contributed by atoms with E-state index in [2.05, 4.69) is 10.6 Å². The number of nitrogens with one attached hydrogen (secondary N) is 2. The quantitative estimate of drug-likeness (QED) is 0.215. The van der Waals surface area contributed by atoms with E-state index < -0.39 is 27.1 Å². The van der Waals surface area contributed by atoms with E-state index in [9.17, 15) is 27.9 Å². The molecule has 0 aliphatic heterocycles. The van der Waals surface area contributed by atoms with Crippen LogP contribution in [-0.2, 0) is 14.8 Å². The minimum atomic E-state index is -3.86. The van der Waals surface area contributed by atoms with E-state index in [-0.39, 0.29) is 21.9 Å². The average Bonchev–Trinajstić information content (AvgIpc) is 2.92. The molecule has 4 aromatic carbocycles. The van der Waals surface area contributed by atoms with Crippen LogP contribution in [0.4, 0.5) is 11.4 Å². The second kappa shape index (κ2) is 11.9. The minimum absolute atomic E-state index is 0.0260. The van der Waals surface area contributed by atoms with Gasteiger partial charge >= 0.3 is 5.97 Å². The van der Waals surface area contributed by atoms with Crippen molar-refractivity contribution in [2.75, 3.05) is 10.6 Å². The van der Waals surface area contributed by atoms with Crippen molar-refractivity contribution in [3.05, 3.63) is 120 Å². The van der Waals surface area contributed by atoms with Gasteiger partial charge in [-0.25, -0.2) is 18.4 Å². The van der Waals surface area contributed by atoms with Crippen LogP contribution in [0.5, 0.6) is 0 Å². The fraction of sp³-hybridized carbons (Fsp3) is 0.0357. The third-order valence-corrected chi connectivity index (χ3v) is 7.72. The molecule has 0 saturated heterocycles. The van der Waals surface area contributed by atoms with Crippen molar-refractivity contribution >= 4 is 50.9 Å². The Morgan fingerprint density at radius 3 is 2.03 bits per heavy atom. The molecule has 0 aliphatic rings. The number of anilines is 2. The lowest BCUT2D eigenvalue weighted by Crippen LogP contribution is -2.19. The number of nitrogens with two attached hydrogens (primary N) is 1. The van der Waals surface area contributed by atoms with Crippen LogP contribution >= 0.6 is 11.8 Å². The van der Waals surface area contributed by atoms with Crippen molar-refractivity contribution in [1.29, 1.82) is 0 Å². The molecule has 4 aromatic rings. The summed E-state index contributed by atoms with van der Waals surface area (Å²) in [6.07, 6.45) is 0. The van der Waals surface area contributed by atoms with Gasteiger partial charge in [0, 0.05) is 16.3 Å². The smallest absolute Gasteiger partial charge is 0.336 e. The second-order valence-electron chi connectivity index (χ2n) is 8.30. The zero-order valence-corrected chi connectivity index (χ0v) is 21.9. The molecule has 0 aromatic heterocycles. The van der Waals surface area contributed by atoms with E-state index >= 15 is 0 Å². The lowest BCUT2D eigenvalue weighted by molar-refractivity contribution is -0.115. The van der Waals surface area contributed by atoms with Gasteiger partial charge in [0.15, 0.2) is 0 Å². The maximum atomic E-state index is 13.3. The van der Waals surface area contributed by atoms with Crippen LogP contribution in [0.2, 0.25) is 0 Å². The molecular formula is C28H23N3O6S2. The number of carbonyl (C=O) groups is 3. The highest BCUT2D eigenvalue weighted by atomic mass is 32.2. The van der Waals surface area contributed by atoms with Crippen molar-refractivity contribution in [2.45, 2.75) is 15.0 Å². The Balaban J connectivity index is 1.55. The van der Waals surface area contributed by atoms with Gasteiger partial charge in [0.25, 0.3) is 5.91 Å². The number of hydrogen-bond donors (Lipinski definition) is 4. The van der Waals surface area contributed by atoms with Crippen molar-refractivity contribution in [1.82, 2.24) is 0 Å². The molecule has 4 rings (SSSR count). The summed E-state index contributed by atoms with van der Waals surface area (Å²) < 4.78 is 23.0. The summed E-state index contributed by atoms with van der Waals surface area (Å²) in [4.78, 5) is 38.2. The standard InChI is InChI=1S/C28H23N3O6S2/c29-39(36,37)22-15-13-19(14-16-22)30-27(33)25(18-7-2-1-3-8-18)38-21-10-6-9-20(17-21)31-26(32)23-11-4-5-12-24(23)28(34)35/h1-17,25H,(H,30,33)(H,31,32)(H,34,35)(H2,29,36,37). The number of carboxylic acids is 1. The zero-order valence-electron chi connectivity index (χ0n) is 20.3. The first-order chi connectivity index (χ1) is 18.6. The highest BCUT2D eigenvalue weighted by molar-refractivity contribution is 8.00. The summed E-state index contributed by atoms with van der Waals surface area (Å²) in [6, 6.07) is 27.4. The van der Waals surface area contributed by atoms with Gasteiger partial charge in [-0.05, 0) is 60.2 Å². The molecular weight excluding hydrogens is 538 g/mol. The third kappa shape index (κ3) is 7.11. The van der Waals surface area contributed by atoms with Gasteiger partial charge in [0.2, 0.25) is 15.9 Å². The number of primary sulfonamides is 1. The SMILES string of the molecule is NS(=O)(=O)c1ccc(NC(=O)C(Sc2cccc(NC(=O)c3ccccc3C(=O)O)c2)c2ccccc2)cc1. The number of amides is 2. The van der Waals surface area contributed by atoms with E-state index in [1.807, 2.05) is 30.3 Å². The average molecular weight is 562 g/mol. The molecule has 0 radical (unpaired) electrons. The first-order valence-corrected chi connectivity index (χ1v) is 13.9. The van der Waals surface area contributed by atoms with Crippen LogP contribution in [0.15, 0.2) is 113 Å². The lowest BCUT2D eigenvalue weighted by Gasteiger charge is -2.18. The highest BCUT2D eigenvalue weighted by Crippen LogP contribution is 2.37. The number of carbonyl (C=O) groups excluding carboxylic acids is 2. The monoisotopic (exact) mass is 561 g/mol. The first kappa shape index (κ1) is 27.6. The van der Waals surface area contributed by atoms with Crippen molar-refractivity contribution in [3.63, 3.8) is 0 Å². The fourth-order valence-corrected chi connectivity index (χ4v) is 5.28. The summed E-state index contributed by atoms with van der Waals surface area (Å²) in [7, 11) is -3.86. The van der Waals surface area contributed by atoms with Gasteiger partial charge in [-0.1, -0.05) is 48.5 Å². The zero-order chi connectivity index (χ0) is 28.0. The van der Waals surface area contributed by atoms with Crippen LogP contribution in [-0.4, -0.2) is 31.3 Å². The number of sulfonamides is 1. The van der Waals surface area contributed by atoms with E-state index in [4.69, 9.17) is 5.14 Å². The van der Waals surface area contributed by atoms with Gasteiger partial charge in [0.05, 0.1) is 16.0 Å². The molecule has 1 atom stereocenters. The highest BCUT2D eigenvalue weighted by Gasteiger charge is 2.23. The number of aromatic carboxylic acids is 1. The van der Waals surface area contributed by atoms with Crippen LogP contribution in [0.25, 0.3) is 0 Å². The molecule has 0 spiro atoms. The Hall–Kier alpha value is -4.45. The molecule has 0 bridgehead atoms. The summed E-state index contributed by atoms with van der Waals surface area (Å²) in [6.45, 7) is 0. The molecule has 9 nitrogen and oxygen atoms in total. The van der Waals surface area contributed by atoms with Crippen molar-refractivity contribution in [2.24, 2.45) is 5.14 Å². The van der Waals surface area contributed by atoms with Crippen LogP contribution in [0, 0.1) is 0 Å². The van der Waals surface area contributed by atoms with Gasteiger partial charge in [-0.2, -0.15) is 0 Å². The Kier molecular flexibility index (Phi) is 8.45. The molecule has 0 saturated carbocycles. The summed E-state index contributed by atoms with van der Waals surface area (Å²) >= 11 is 1.25. The Labute approximate surface area is 229 Å². The molecule has 5 N–H and O–H groups in total. The van der Waals surface area contributed by atoms with E-state index in [0.29, 0.717) is 16.3 Å². The molecule has 39 heavy (non-hydrogen) atoms. The molecule has 0 heterocycles. The van der Waals surface area contributed by atoms with Crippen molar-refractivity contribution < 1.29 is 27.9 Å². The maximum Gasteiger partial charge on any atom is 0.336 e. The lowest BCUT2D eigenvalue weighted by atomic mass is 10.1. The molecule has 11 heteroatoms. The summed E-state index contributed by atoms with van der Waals surface area (Å²) in [5.41, 5.74) is 1.46. The van der Waals surface area contributed by atoms with Crippen LogP contribution in [0.3, 0.4) is 0 Å². The van der Waals surface area contributed by atoms with Crippen LogP contribution in [0.1, 0.15) is 31.5 Å². The largest absolute Gasteiger partial charge is 0.478 e. The molecule has 198 valence electrons. The minimum Gasteiger partial charge on any atom is -0.478 e. The Morgan fingerprint density at radius 1 is 0.744 bits per heavy atom. The number of hydrogen-bond acceptors (Lipinski definition) is 6. The predicted octanol–water partition coefficient (Wildman–Crippen LogP) is 4.76. The molecule has 0 fully saturated rings. The van der Waals surface area contributed by atoms with E-state index in [1.165, 1.54) is 48.2 Å². The fourth-order valence-electron chi connectivity index (χ4n) is 3.69. The summed E-state index contributed by atoms with van der Waals surface area (Å²) in [5.74, 6) is -2.13. The molecule has 1 unspecified atom stereocenters. The van der Waals surface area contributed by atoms with E-state index in [1.54, 1.807) is 36.4 Å². The topological polar surface area (TPSA) is 156 Å². The van der Waals surface area contributed by atoms with Gasteiger partial charge in [0.1, 0.15) is 5.25 Å². The molecule has 0 aliphatic carbocycles. The van der Waals surface area contributed by atoms with E-state index in [0.717, 1.165) is 5.56 Å². The van der Waals surface area contributed by atoms with Gasteiger partial charge in [-0.3, -0.25) is 9.59 Å². The van der Waals surface area contributed by atoms with Gasteiger partial charge in [-0.15, -0.1) is 11.8 Å². The first-order valence-electron chi connectivity index (χ1n) is 11.5. The van der Waals surface area contributed by atoms with Gasteiger partial charge < -0.3 is 15.7 Å². The number of carboxylic acid groups (broad SMARTS) is 1. The molecule has 2 amide bonds. The number of thioether (sulfide) groups is 1. The normalized spacial score (nSPS) is 11.8. The third-order valence-electron chi connectivity index (χ3n) is 5.54. The Bertz CT molecular complexity index is 1620. The number of benzene rings is 4. The second-order valence-corrected chi connectivity index (χ2v) is 11.0. The predicted molar refractivity (Wildman–Crippen MR) is 149 cm³/mol.